The molecule has 1 heterocycles. The predicted molar refractivity (Wildman–Crippen MR) is 106 cm³/mol. The minimum absolute atomic E-state index is 0.267. The summed E-state index contributed by atoms with van der Waals surface area (Å²) in [4.78, 5) is 10.5. The van der Waals surface area contributed by atoms with Gasteiger partial charge in [0.25, 0.3) is 0 Å². The molecule has 0 saturated carbocycles. The number of aromatic nitrogens is 3. The van der Waals surface area contributed by atoms with Gasteiger partial charge in [0.2, 0.25) is 0 Å². The maximum Gasteiger partial charge on any atom is 0.303 e. The minimum Gasteiger partial charge on any atom is -0.481 e. The number of nitrogens with zero attached hydrogens (tertiary/aromatic N) is 3. The van der Waals surface area contributed by atoms with Crippen LogP contribution in [0.15, 0.2) is 60.7 Å². The Hall–Kier alpha value is -2.95. The summed E-state index contributed by atoms with van der Waals surface area (Å²) in [6.07, 6.45) is 5.99. The van der Waals surface area contributed by atoms with Crippen LogP contribution in [0.25, 0.3) is 17.1 Å². The maximum absolute atomic E-state index is 10.5. The Morgan fingerprint density at radius 2 is 1.44 bits per heavy atom. The Morgan fingerprint density at radius 3 is 2.15 bits per heavy atom. The fourth-order valence-electron chi connectivity index (χ4n) is 3.19. The van der Waals surface area contributed by atoms with Gasteiger partial charge in [-0.25, -0.2) is 0 Å². The molecule has 2 aromatic carbocycles. The topological polar surface area (TPSA) is 68.0 Å². The van der Waals surface area contributed by atoms with Gasteiger partial charge in [-0.15, -0.1) is 10.2 Å². The molecule has 1 aromatic heterocycles. The second-order valence-corrected chi connectivity index (χ2v) is 6.64. The summed E-state index contributed by atoms with van der Waals surface area (Å²) in [6.45, 7) is 0. The van der Waals surface area contributed by atoms with Gasteiger partial charge in [-0.05, 0) is 25.0 Å². The molecule has 0 aliphatic carbocycles. The summed E-state index contributed by atoms with van der Waals surface area (Å²) in [5, 5.41) is 17.6. The molecule has 3 aromatic rings. The van der Waals surface area contributed by atoms with Crippen LogP contribution >= 0.6 is 0 Å². The van der Waals surface area contributed by atoms with Gasteiger partial charge in [0.15, 0.2) is 5.82 Å². The molecule has 0 atom stereocenters. The Kier molecular flexibility index (Phi) is 6.74. The summed E-state index contributed by atoms with van der Waals surface area (Å²) >= 11 is 0. The molecule has 0 saturated heterocycles. The second kappa shape index (κ2) is 9.67. The van der Waals surface area contributed by atoms with E-state index in [0.717, 1.165) is 61.4 Å². The Labute approximate surface area is 159 Å². The fourth-order valence-corrected chi connectivity index (χ4v) is 3.19. The number of unbranched alkanes of at least 4 members (excludes halogenated alkanes) is 4. The highest BCUT2D eigenvalue weighted by atomic mass is 16.4. The van der Waals surface area contributed by atoms with Crippen molar-refractivity contribution in [2.45, 2.75) is 44.9 Å². The van der Waals surface area contributed by atoms with E-state index in [1.54, 1.807) is 0 Å². The molecule has 0 aliphatic heterocycles. The van der Waals surface area contributed by atoms with Crippen molar-refractivity contribution in [3.05, 3.63) is 66.5 Å². The first-order chi connectivity index (χ1) is 13.3. The first kappa shape index (κ1) is 18.8. The zero-order valence-corrected chi connectivity index (χ0v) is 15.4. The standard InChI is InChI=1S/C22H25N3O2/c26-21(27)17-11-3-1-2-10-16-20-23-24-22(18-12-6-4-7-13-18)25(20)19-14-8-5-9-15-19/h4-9,12-15H,1-3,10-11,16-17H2,(H,26,27). The third-order valence-corrected chi connectivity index (χ3v) is 4.57. The lowest BCUT2D eigenvalue weighted by atomic mass is 10.1. The van der Waals surface area contributed by atoms with E-state index in [-0.39, 0.29) is 6.42 Å². The van der Waals surface area contributed by atoms with Gasteiger partial charge in [-0.3, -0.25) is 9.36 Å². The molecule has 140 valence electrons. The number of para-hydroxylation sites is 1. The quantitative estimate of drug-likeness (QED) is 0.520. The highest BCUT2D eigenvalue weighted by Crippen LogP contribution is 2.23. The summed E-state index contributed by atoms with van der Waals surface area (Å²) in [5.41, 5.74) is 2.12. The van der Waals surface area contributed by atoms with Crippen LogP contribution < -0.4 is 0 Å². The molecule has 0 amide bonds. The lowest BCUT2D eigenvalue weighted by molar-refractivity contribution is -0.137. The summed E-state index contributed by atoms with van der Waals surface area (Å²) in [5.74, 6) is 1.11. The molecule has 27 heavy (non-hydrogen) atoms. The monoisotopic (exact) mass is 363 g/mol. The number of hydrogen-bond donors (Lipinski definition) is 1. The van der Waals surface area contributed by atoms with Crippen LogP contribution in [-0.2, 0) is 11.2 Å². The minimum atomic E-state index is -0.709. The van der Waals surface area contributed by atoms with E-state index in [9.17, 15) is 4.79 Å². The van der Waals surface area contributed by atoms with Crippen LogP contribution in [-0.4, -0.2) is 25.8 Å². The summed E-state index contributed by atoms with van der Waals surface area (Å²) in [6, 6.07) is 20.3. The van der Waals surface area contributed by atoms with Crippen LogP contribution in [0.4, 0.5) is 0 Å². The lowest BCUT2D eigenvalue weighted by Gasteiger charge is -2.10. The lowest BCUT2D eigenvalue weighted by Crippen LogP contribution is -2.03. The van der Waals surface area contributed by atoms with Crippen molar-refractivity contribution in [3.63, 3.8) is 0 Å². The zero-order chi connectivity index (χ0) is 18.9. The molecule has 5 nitrogen and oxygen atoms in total. The first-order valence-corrected chi connectivity index (χ1v) is 9.52. The van der Waals surface area contributed by atoms with E-state index < -0.39 is 5.97 Å². The summed E-state index contributed by atoms with van der Waals surface area (Å²) in [7, 11) is 0. The number of carbonyl (C=O) groups is 1. The van der Waals surface area contributed by atoms with Gasteiger partial charge >= 0.3 is 5.97 Å². The second-order valence-electron chi connectivity index (χ2n) is 6.64. The Balaban J connectivity index is 1.68. The van der Waals surface area contributed by atoms with Crippen molar-refractivity contribution in [2.24, 2.45) is 0 Å². The van der Waals surface area contributed by atoms with Crippen LogP contribution in [0.2, 0.25) is 0 Å². The van der Waals surface area contributed by atoms with Gasteiger partial charge in [0.1, 0.15) is 5.82 Å². The number of aliphatic carboxylic acids is 1. The van der Waals surface area contributed by atoms with Gasteiger partial charge in [-0.1, -0.05) is 67.8 Å². The average Bonchev–Trinajstić information content (AvgIpc) is 3.12. The molecular weight excluding hydrogens is 338 g/mol. The average molecular weight is 363 g/mol. The predicted octanol–water partition coefficient (Wildman–Crippen LogP) is 4.90. The van der Waals surface area contributed by atoms with Crippen LogP contribution in [0.3, 0.4) is 0 Å². The van der Waals surface area contributed by atoms with Gasteiger partial charge in [0.05, 0.1) is 0 Å². The van der Waals surface area contributed by atoms with E-state index >= 15 is 0 Å². The first-order valence-electron chi connectivity index (χ1n) is 9.52. The van der Waals surface area contributed by atoms with Crippen molar-refractivity contribution in [3.8, 4) is 17.1 Å². The Morgan fingerprint density at radius 1 is 0.815 bits per heavy atom. The number of carboxylic acid groups (broad SMARTS) is 1. The van der Waals surface area contributed by atoms with Crippen LogP contribution in [0, 0.1) is 0 Å². The van der Waals surface area contributed by atoms with E-state index in [0.29, 0.717) is 0 Å². The molecule has 3 rings (SSSR count). The SMILES string of the molecule is O=C(O)CCCCCCCc1nnc(-c2ccccc2)n1-c1ccccc1. The zero-order valence-electron chi connectivity index (χ0n) is 15.4. The number of hydrogen-bond acceptors (Lipinski definition) is 3. The smallest absolute Gasteiger partial charge is 0.303 e. The van der Waals surface area contributed by atoms with Crippen molar-refractivity contribution < 1.29 is 9.90 Å². The highest BCUT2D eigenvalue weighted by Gasteiger charge is 2.14. The van der Waals surface area contributed by atoms with Crippen molar-refractivity contribution in [2.75, 3.05) is 0 Å². The van der Waals surface area contributed by atoms with Crippen LogP contribution in [0.1, 0.15) is 44.3 Å². The maximum atomic E-state index is 10.5. The third-order valence-electron chi connectivity index (χ3n) is 4.57. The van der Waals surface area contributed by atoms with Crippen molar-refractivity contribution >= 4 is 5.97 Å². The van der Waals surface area contributed by atoms with Crippen molar-refractivity contribution in [1.82, 2.24) is 14.8 Å². The molecule has 0 bridgehead atoms. The number of carboxylic acids is 1. The molecule has 0 radical (unpaired) electrons. The largest absolute Gasteiger partial charge is 0.481 e. The van der Waals surface area contributed by atoms with Gasteiger partial charge in [-0.2, -0.15) is 0 Å². The fraction of sp³-hybridized carbons (Fsp3) is 0.318. The van der Waals surface area contributed by atoms with E-state index in [1.165, 1.54) is 0 Å². The van der Waals surface area contributed by atoms with E-state index in [4.69, 9.17) is 5.11 Å². The summed E-state index contributed by atoms with van der Waals surface area (Å²) < 4.78 is 2.14. The Bertz CT molecular complexity index is 845. The molecule has 0 fully saturated rings. The molecule has 0 aliphatic rings. The van der Waals surface area contributed by atoms with E-state index in [2.05, 4.69) is 39.0 Å². The molecule has 5 heteroatoms. The number of benzene rings is 2. The van der Waals surface area contributed by atoms with Gasteiger partial charge < -0.3 is 5.11 Å². The third kappa shape index (κ3) is 5.26. The molecule has 1 N–H and O–H groups in total. The normalized spacial score (nSPS) is 10.8. The van der Waals surface area contributed by atoms with Gasteiger partial charge in [0, 0.05) is 24.1 Å². The molecule has 0 unspecified atom stereocenters. The number of rotatable bonds is 10. The van der Waals surface area contributed by atoms with Crippen molar-refractivity contribution in [1.29, 1.82) is 0 Å². The van der Waals surface area contributed by atoms with Crippen LogP contribution in [0.5, 0.6) is 0 Å². The molecular formula is C22H25N3O2. The number of aryl methyl sites for hydroxylation is 1. The molecule has 0 spiro atoms. The van der Waals surface area contributed by atoms with E-state index in [1.807, 2.05) is 36.4 Å². The highest BCUT2D eigenvalue weighted by molar-refractivity contribution is 5.66.